The minimum Gasteiger partial charge on any atom is -0.327 e. The number of nitrogens with two attached hydrogens (primary N) is 1. The molecule has 1 aliphatic heterocycles. The minimum atomic E-state index is -2.83. The van der Waals surface area contributed by atoms with Gasteiger partial charge in [0.2, 0.25) is 0 Å². The third-order valence-electron chi connectivity index (χ3n) is 4.39. The molecule has 1 saturated carbocycles. The highest BCUT2D eigenvalue weighted by Crippen LogP contribution is 2.35. The Morgan fingerprint density at radius 2 is 2.00 bits per heavy atom. The van der Waals surface area contributed by atoms with Crippen molar-refractivity contribution in [2.75, 3.05) is 31.1 Å². The predicted molar refractivity (Wildman–Crippen MR) is 76.8 cm³/mol. The van der Waals surface area contributed by atoms with Gasteiger partial charge in [-0.05, 0) is 24.7 Å². The van der Waals surface area contributed by atoms with Crippen LogP contribution in [0.25, 0.3) is 0 Å². The van der Waals surface area contributed by atoms with Gasteiger partial charge in [-0.15, -0.1) is 12.4 Å². The van der Waals surface area contributed by atoms with E-state index in [0.717, 1.165) is 19.5 Å². The fourth-order valence-electron chi connectivity index (χ4n) is 3.20. The first-order valence-corrected chi connectivity index (χ1v) is 8.52. The molecule has 2 fully saturated rings. The maximum Gasteiger partial charge on any atom is 0.151 e. The van der Waals surface area contributed by atoms with Crippen molar-refractivity contribution < 1.29 is 8.42 Å². The molecule has 0 radical (unpaired) electrons. The number of hydrogen-bond acceptors (Lipinski definition) is 4. The zero-order valence-electron chi connectivity index (χ0n) is 11.0. The van der Waals surface area contributed by atoms with Gasteiger partial charge in [-0.25, -0.2) is 8.42 Å². The number of likely N-dealkylation sites (tertiary alicyclic amines) is 1. The van der Waals surface area contributed by atoms with Crippen LogP contribution in [-0.4, -0.2) is 50.5 Å². The molecule has 6 heteroatoms. The van der Waals surface area contributed by atoms with Crippen molar-refractivity contribution in [3.8, 4) is 0 Å². The van der Waals surface area contributed by atoms with Gasteiger partial charge in [0.25, 0.3) is 0 Å². The van der Waals surface area contributed by atoms with Crippen LogP contribution in [0, 0.1) is 11.8 Å². The molecule has 3 unspecified atom stereocenters. The highest BCUT2D eigenvalue weighted by molar-refractivity contribution is 7.91. The Balaban J connectivity index is 0.00000162. The average molecular weight is 297 g/mol. The Hall–Kier alpha value is 0.160. The van der Waals surface area contributed by atoms with E-state index in [1.165, 1.54) is 12.8 Å². The lowest BCUT2D eigenvalue weighted by molar-refractivity contribution is 0.259. The molecule has 3 atom stereocenters. The van der Waals surface area contributed by atoms with Crippen LogP contribution in [0.2, 0.25) is 0 Å². The summed E-state index contributed by atoms with van der Waals surface area (Å²) in [5.74, 6) is 1.88. The second kappa shape index (κ2) is 6.55. The van der Waals surface area contributed by atoms with Crippen LogP contribution in [0.15, 0.2) is 0 Å². The third kappa shape index (κ3) is 3.83. The van der Waals surface area contributed by atoms with E-state index < -0.39 is 9.84 Å². The molecule has 18 heavy (non-hydrogen) atoms. The molecule has 2 rings (SSSR count). The number of hydrogen-bond donors (Lipinski definition) is 1. The SMILES string of the molecule is CCS(=O)(=O)CCN1CC2CCCC(N)C2C1.Cl. The number of rotatable bonds is 4. The van der Waals surface area contributed by atoms with E-state index in [-0.39, 0.29) is 18.2 Å². The van der Waals surface area contributed by atoms with Crippen molar-refractivity contribution in [3.63, 3.8) is 0 Å². The van der Waals surface area contributed by atoms with Gasteiger partial charge in [0.05, 0.1) is 5.75 Å². The standard InChI is InChI=1S/C12H24N2O2S.ClH/c1-2-17(15,16)7-6-14-8-10-4-3-5-12(13)11(10)9-14;/h10-12H,2-9,13H2,1H3;1H. The van der Waals surface area contributed by atoms with Gasteiger partial charge in [-0.2, -0.15) is 0 Å². The molecule has 1 saturated heterocycles. The van der Waals surface area contributed by atoms with Gasteiger partial charge in [0.15, 0.2) is 9.84 Å². The smallest absolute Gasteiger partial charge is 0.151 e. The van der Waals surface area contributed by atoms with Crippen molar-refractivity contribution in [2.24, 2.45) is 17.6 Å². The maximum atomic E-state index is 11.5. The van der Waals surface area contributed by atoms with E-state index in [1.807, 2.05) is 0 Å². The van der Waals surface area contributed by atoms with Gasteiger partial charge in [0, 0.05) is 31.4 Å². The predicted octanol–water partition coefficient (Wildman–Crippen LogP) is 0.902. The maximum absolute atomic E-state index is 11.5. The lowest BCUT2D eigenvalue weighted by Gasteiger charge is -2.29. The normalized spacial score (nSPS) is 32.9. The van der Waals surface area contributed by atoms with Crippen LogP contribution in [0.5, 0.6) is 0 Å². The second-order valence-corrected chi connectivity index (χ2v) is 7.99. The number of sulfone groups is 1. The van der Waals surface area contributed by atoms with Crippen molar-refractivity contribution in [1.82, 2.24) is 4.90 Å². The van der Waals surface area contributed by atoms with Crippen LogP contribution in [0.1, 0.15) is 26.2 Å². The van der Waals surface area contributed by atoms with Gasteiger partial charge < -0.3 is 10.6 Å². The largest absolute Gasteiger partial charge is 0.327 e. The summed E-state index contributed by atoms with van der Waals surface area (Å²) < 4.78 is 23.0. The average Bonchev–Trinajstić information content (AvgIpc) is 2.71. The summed E-state index contributed by atoms with van der Waals surface area (Å²) >= 11 is 0. The van der Waals surface area contributed by atoms with Crippen molar-refractivity contribution in [2.45, 2.75) is 32.2 Å². The molecule has 0 aromatic rings. The Morgan fingerprint density at radius 1 is 1.28 bits per heavy atom. The lowest BCUT2D eigenvalue weighted by atomic mass is 9.78. The molecule has 1 aliphatic carbocycles. The van der Waals surface area contributed by atoms with Gasteiger partial charge >= 0.3 is 0 Å². The van der Waals surface area contributed by atoms with Gasteiger partial charge in [-0.3, -0.25) is 0 Å². The topological polar surface area (TPSA) is 63.4 Å². The molecule has 2 aliphatic rings. The van der Waals surface area contributed by atoms with E-state index in [0.29, 0.717) is 30.2 Å². The molecule has 4 nitrogen and oxygen atoms in total. The van der Waals surface area contributed by atoms with E-state index in [4.69, 9.17) is 5.73 Å². The van der Waals surface area contributed by atoms with E-state index in [9.17, 15) is 8.42 Å². The second-order valence-electron chi connectivity index (χ2n) is 5.51. The fraction of sp³-hybridized carbons (Fsp3) is 1.00. The summed E-state index contributed by atoms with van der Waals surface area (Å²) in [6, 6.07) is 0.335. The highest BCUT2D eigenvalue weighted by atomic mass is 35.5. The van der Waals surface area contributed by atoms with Crippen molar-refractivity contribution in [3.05, 3.63) is 0 Å². The molecule has 0 aromatic carbocycles. The summed E-state index contributed by atoms with van der Waals surface area (Å²) in [5.41, 5.74) is 6.15. The van der Waals surface area contributed by atoms with Crippen molar-refractivity contribution in [1.29, 1.82) is 0 Å². The zero-order valence-corrected chi connectivity index (χ0v) is 12.7. The summed E-state index contributed by atoms with van der Waals surface area (Å²) in [5, 5.41) is 0. The Kier molecular flexibility index (Phi) is 5.90. The number of nitrogens with zero attached hydrogens (tertiary/aromatic N) is 1. The first-order valence-electron chi connectivity index (χ1n) is 6.70. The Bertz CT molecular complexity index is 361. The first-order chi connectivity index (χ1) is 8.02. The van der Waals surface area contributed by atoms with Crippen LogP contribution in [0.3, 0.4) is 0 Å². The summed E-state index contributed by atoms with van der Waals surface area (Å²) in [6.07, 6.45) is 3.65. The molecule has 0 amide bonds. The number of halogens is 1. The molecule has 108 valence electrons. The molecule has 0 spiro atoms. The van der Waals surface area contributed by atoms with Gasteiger partial charge in [-0.1, -0.05) is 13.3 Å². The Labute approximate surface area is 117 Å². The molecule has 0 bridgehead atoms. The fourth-order valence-corrected chi connectivity index (χ4v) is 4.03. The van der Waals surface area contributed by atoms with Crippen LogP contribution >= 0.6 is 12.4 Å². The summed E-state index contributed by atoms with van der Waals surface area (Å²) in [6.45, 7) is 4.47. The number of fused-ring (bicyclic) bond motifs is 1. The summed E-state index contributed by atoms with van der Waals surface area (Å²) in [4.78, 5) is 2.30. The third-order valence-corrected chi connectivity index (χ3v) is 6.07. The molecule has 2 N–H and O–H groups in total. The monoisotopic (exact) mass is 296 g/mol. The molecular weight excluding hydrogens is 272 g/mol. The first kappa shape index (κ1) is 16.2. The minimum absolute atomic E-state index is 0. The van der Waals surface area contributed by atoms with Crippen LogP contribution < -0.4 is 5.73 Å². The van der Waals surface area contributed by atoms with E-state index in [2.05, 4.69) is 4.90 Å². The molecule has 0 aromatic heterocycles. The van der Waals surface area contributed by atoms with Crippen LogP contribution in [0.4, 0.5) is 0 Å². The highest BCUT2D eigenvalue weighted by Gasteiger charge is 2.38. The van der Waals surface area contributed by atoms with Crippen LogP contribution in [-0.2, 0) is 9.84 Å². The van der Waals surface area contributed by atoms with Crippen molar-refractivity contribution >= 4 is 22.2 Å². The van der Waals surface area contributed by atoms with E-state index in [1.54, 1.807) is 6.92 Å². The molecular formula is C12H25ClN2O2S. The molecule has 1 heterocycles. The summed E-state index contributed by atoms with van der Waals surface area (Å²) in [7, 11) is -2.83. The van der Waals surface area contributed by atoms with E-state index >= 15 is 0 Å². The zero-order chi connectivity index (χ0) is 12.5. The van der Waals surface area contributed by atoms with Gasteiger partial charge in [0.1, 0.15) is 0 Å². The Morgan fingerprint density at radius 3 is 2.61 bits per heavy atom. The quantitative estimate of drug-likeness (QED) is 0.837. The lowest BCUT2D eigenvalue weighted by Crippen LogP contribution is -2.38.